The first kappa shape index (κ1) is 20.5. The summed E-state index contributed by atoms with van der Waals surface area (Å²) in [6.07, 6.45) is 0. The van der Waals surface area contributed by atoms with E-state index in [1.807, 2.05) is 6.07 Å². The lowest BCUT2D eigenvalue weighted by Gasteiger charge is -2.34. The quantitative estimate of drug-likeness (QED) is 0.292. The van der Waals surface area contributed by atoms with Crippen LogP contribution in [0.25, 0.3) is 11.1 Å². The lowest BCUT2D eigenvalue weighted by Crippen LogP contribution is -2.28. The lowest BCUT2D eigenvalue weighted by molar-refractivity contribution is 0.768. The van der Waals surface area contributed by atoms with E-state index in [2.05, 4.69) is 134 Å². The molecule has 5 aromatic rings. The summed E-state index contributed by atoms with van der Waals surface area (Å²) in [5.41, 5.74) is 12.2. The van der Waals surface area contributed by atoms with Crippen molar-refractivity contribution in [2.24, 2.45) is 0 Å². The summed E-state index contributed by atoms with van der Waals surface area (Å²) in [5.74, 6) is 0. The monoisotopic (exact) mass is 437 g/mol. The van der Waals surface area contributed by atoms with E-state index < -0.39 is 0 Å². The van der Waals surface area contributed by atoms with Crippen molar-refractivity contribution in [1.29, 1.82) is 0 Å². The molecule has 1 aliphatic rings. The first-order chi connectivity index (χ1) is 16.7. The molecule has 0 atom stereocenters. The van der Waals surface area contributed by atoms with Crippen molar-refractivity contribution >= 4 is 11.4 Å². The molecule has 1 nitrogen and oxygen atoms in total. The molecule has 0 unspecified atom stereocenters. The Balaban J connectivity index is 1.66. The molecule has 0 spiro atoms. The van der Waals surface area contributed by atoms with Crippen LogP contribution < -0.4 is 5.32 Å². The second-order valence-electron chi connectivity index (χ2n) is 9.28. The lowest BCUT2D eigenvalue weighted by atomic mass is 9.67. The minimum absolute atomic E-state index is 0.373. The Morgan fingerprint density at radius 2 is 1.03 bits per heavy atom. The first-order valence-corrected chi connectivity index (χ1v) is 11.9. The molecular formula is C33H27N. The van der Waals surface area contributed by atoms with Gasteiger partial charge in [0.15, 0.2) is 0 Å². The number of nitrogens with one attached hydrogen (secondary N) is 1. The number of anilines is 2. The third-order valence-electron chi connectivity index (χ3n) is 7.08. The first-order valence-electron chi connectivity index (χ1n) is 11.9. The van der Waals surface area contributed by atoms with Crippen LogP contribution in [0.15, 0.2) is 121 Å². The third-order valence-corrected chi connectivity index (χ3v) is 7.08. The maximum Gasteiger partial charge on any atom is 0.0714 e. The van der Waals surface area contributed by atoms with Gasteiger partial charge in [-0.25, -0.2) is 0 Å². The van der Waals surface area contributed by atoms with Crippen molar-refractivity contribution in [3.8, 4) is 11.1 Å². The van der Waals surface area contributed by atoms with Gasteiger partial charge in [-0.3, -0.25) is 0 Å². The van der Waals surface area contributed by atoms with Crippen molar-refractivity contribution < 1.29 is 0 Å². The van der Waals surface area contributed by atoms with Crippen LogP contribution in [0, 0.1) is 13.8 Å². The highest BCUT2D eigenvalue weighted by atomic mass is 14.9. The summed E-state index contributed by atoms with van der Waals surface area (Å²) < 4.78 is 0. The Morgan fingerprint density at radius 3 is 1.68 bits per heavy atom. The van der Waals surface area contributed by atoms with E-state index in [0.717, 1.165) is 11.4 Å². The van der Waals surface area contributed by atoms with Crippen LogP contribution in [0.4, 0.5) is 11.4 Å². The predicted octanol–water partition coefficient (Wildman–Crippen LogP) is 8.41. The maximum absolute atomic E-state index is 3.62. The van der Waals surface area contributed by atoms with Crippen LogP contribution in [-0.2, 0) is 5.41 Å². The van der Waals surface area contributed by atoms with Gasteiger partial charge in [0.05, 0.1) is 5.41 Å². The molecule has 5 aromatic carbocycles. The summed E-state index contributed by atoms with van der Waals surface area (Å²) >= 11 is 0. The summed E-state index contributed by atoms with van der Waals surface area (Å²) in [7, 11) is 0. The van der Waals surface area contributed by atoms with Crippen LogP contribution >= 0.6 is 0 Å². The zero-order chi connectivity index (χ0) is 23.1. The minimum atomic E-state index is -0.373. The smallest absolute Gasteiger partial charge is 0.0714 e. The average Bonchev–Trinajstić information content (AvgIpc) is 3.16. The fourth-order valence-corrected chi connectivity index (χ4v) is 5.44. The van der Waals surface area contributed by atoms with Crippen molar-refractivity contribution in [3.05, 3.63) is 155 Å². The Kier molecular flexibility index (Phi) is 4.85. The van der Waals surface area contributed by atoms with Gasteiger partial charge in [0, 0.05) is 11.4 Å². The van der Waals surface area contributed by atoms with Crippen molar-refractivity contribution in [2.45, 2.75) is 19.3 Å². The van der Waals surface area contributed by atoms with Gasteiger partial charge in [0.1, 0.15) is 0 Å². The fourth-order valence-electron chi connectivity index (χ4n) is 5.44. The number of benzene rings is 5. The van der Waals surface area contributed by atoms with E-state index >= 15 is 0 Å². The Labute approximate surface area is 201 Å². The van der Waals surface area contributed by atoms with Gasteiger partial charge in [-0.2, -0.15) is 0 Å². The SMILES string of the molecule is Cc1ccc(C2(c3ccc(C)cc3)c3ccccc3-c3ccc(Nc4ccccc4)cc32)cc1. The number of hydrogen-bond acceptors (Lipinski definition) is 1. The average molecular weight is 438 g/mol. The second kappa shape index (κ2) is 8.04. The van der Waals surface area contributed by atoms with E-state index in [0.29, 0.717) is 0 Å². The summed E-state index contributed by atoms with van der Waals surface area (Å²) in [6, 6.07) is 44.3. The normalized spacial score (nSPS) is 13.2. The Morgan fingerprint density at radius 1 is 0.471 bits per heavy atom. The molecule has 6 rings (SSSR count). The third kappa shape index (κ3) is 3.16. The number of para-hydroxylation sites is 1. The summed E-state index contributed by atoms with van der Waals surface area (Å²) in [4.78, 5) is 0. The van der Waals surface area contributed by atoms with Crippen molar-refractivity contribution in [1.82, 2.24) is 0 Å². The van der Waals surface area contributed by atoms with E-state index in [4.69, 9.17) is 0 Å². The molecule has 34 heavy (non-hydrogen) atoms. The largest absolute Gasteiger partial charge is 0.356 e. The minimum Gasteiger partial charge on any atom is -0.356 e. The van der Waals surface area contributed by atoms with Crippen LogP contribution in [0.2, 0.25) is 0 Å². The molecule has 0 bridgehead atoms. The molecule has 0 fully saturated rings. The number of fused-ring (bicyclic) bond motifs is 3. The van der Waals surface area contributed by atoms with Gasteiger partial charge in [-0.15, -0.1) is 0 Å². The highest BCUT2D eigenvalue weighted by Crippen LogP contribution is 2.56. The molecule has 0 aromatic heterocycles. The van der Waals surface area contributed by atoms with Gasteiger partial charge >= 0.3 is 0 Å². The van der Waals surface area contributed by atoms with Gasteiger partial charge in [0.2, 0.25) is 0 Å². The number of hydrogen-bond donors (Lipinski definition) is 1. The molecule has 0 saturated carbocycles. The molecule has 0 heterocycles. The molecular weight excluding hydrogens is 410 g/mol. The highest BCUT2D eigenvalue weighted by molar-refractivity contribution is 5.88. The molecule has 1 N–H and O–H groups in total. The number of aryl methyl sites for hydroxylation is 2. The fraction of sp³-hybridized carbons (Fsp3) is 0.0909. The van der Waals surface area contributed by atoms with E-state index in [1.165, 1.54) is 44.5 Å². The second-order valence-corrected chi connectivity index (χ2v) is 9.28. The van der Waals surface area contributed by atoms with Gasteiger partial charge in [0.25, 0.3) is 0 Å². The van der Waals surface area contributed by atoms with E-state index in [-0.39, 0.29) is 5.41 Å². The number of rotatable bonds is 4. The molecule has 0 saturated heterocycles. The van der Waals surface area contributed by atoms with Crippen LogP contribution in [-0.4, -0.2) is 0 Å². The Hall–Kier alpha value is -4.10. The van der Waals surface area contributed by atoms with Gasteiger partial charge in [-0.1, -0.05) is 108 Å². The van der Waals surface area contributed by atoms with Crippen LogP contribution in [0.1, 0.15) is 33.4 Å². The zero-order valence-electron chi connectivity index (χ0n) is 19.5. The van der Waals surface area contributed by atoms with Crippen LogP contribution in [0.5, 0.6) is 0 Å². The van der Waals surface area contributed by atoms with Gasteiger partial charge in [-0.05, 0) is 71.5 Å². The molecule has 0 radical (unpaired) electrons. The maximum atomic E-state index is 3.62. The predicted molar refractivity (Wildman–Crippen MR) is 143 cm³/mol. The van der Waals surface area contributed by atoms with Gasteiger partial charge < -0.3 is 5.32 Å². The molecule has 1 heteroatoms. The standard InChI is InChI=1S/C33H27N/c1-23-12-16-25(17-13-23)33(26-18-14-24(2)15-19-26)31-11-7-6-10-29(31)30-21-20-28(22-32(30)33)34-27-8-4-3-5-9-27/h3-22,34H,1-2H3. The Bertz CT molecular complexity index is 1420. The van der Waals surface area contributed by atoms with E-state index in [9.17, 15) is 0 Å². The summed E-state index contributed by atoms with van der Waals surface area (Å²) in [6.45, 7) is 4.31. The van der Waals surface area contributed by atoms with Crippen molar-refractivity contribution in [3.63, 3.8) is 0 Å². The van der Waals surface area contributed by atoms with Crippen LogP contribution in [0.3, 0.4) is 0 Å². The molecule has 164 valence electrons. The zero-order valence-corrected chi connectivity index (χ0v) is 19.5. The van der Waals surface area contributed by atoms with E-state index in [1.54, 1.807) is 0 Å². The molecule has 0 amide bonds. The molecule has 1 aliphatic carbocycles. The molecule has 0 aliphatic heterocycles. The topological polar surface area (TPSA) is 12.0 Å². The summed E-state index contributed by atoms with van der Waals surface area (Å²) in [5, 5.41) is 3.62. The van der Waals surface area contributed by atoms with Crippen molar-refractivity contribution in [2.75, 3.05) is 5.32 Å². The highest BCUT2D eigenvalue weighted by Gasteiger charge is 2.46.